The molecule has 1 amide bonds. The van der Waals surface area contributed by atoms with Gasteiger partial charge in [-0.2, -0.15) is 0 Å². The van der Waals surface area contributed by atoms with E-state index in [4.69, 9.17) is 11.6 Å². The summed E-state index contributed by atoms with van der Waals surface area (Å²) in [6.45, 7) is 1.86. The zero-order valence-corrected chi connectivity index (χ0v) is 14.0. The van der Waals surface area contributed by atoms with Crippen molar-refractivity contribution in [1.82, 2.24) is 5.32 Å². The highest BCUT2D eigenvalue weighted by Gasteiger charge is 2.23. The normalized spacial score (nSPS) is 13.1. The molecule has 2 aromatic carbocycles. The predicted molar refractivity (Wildman–Crippen MR) is 94.1 cm³/mol. The van der Waals surface area contributed by atoms with Crippen LogP contribution in [-0.2, 0) is 9.59 Å². The van der Waals surface area contributed by atoms with E-state index in [0.29, 0.717) is 10.7 Å². The van der Waals surface area contributed by atoms with E-state index in [1.807, 2.05) is 37.3 Å². The van der Waals surface area contributed by atoms with Crippen molar-refractivity contribution < 1.29 is 14.7 Å². The van der Waals surface area contributed by atoms with Gasteiger partial charge < -0.3 is 10.4 Å². The number of hydrogen-bond acceptors (Lipinski definition) is 3. The van der Waals surface area contributed by atoms with E-state index < -0.39 is 12.0 Å². The van der Waals surface area contributed by atoms with Crippen molar-refractivity contribution in [3.05, 3.63) is 65.2 Å². The molecule has 2 unspecified atom stereocenters. The molecular weight excluding hydrogens is 328 g/mol. The molecule has 0 aliphatic heterocycles. The van der Waals surface area contributed by atoms with Crippen LogP contribution in [0.4, 0.5) is 5.69 Å². The van der Waals surface area contributed by atoms with Crippen LogP contribution in [0.3, 0.4) is 0 Å². The second kappa shape index (κ2) is 8.47. The van der Waals surface area contributed by atoms with Crippen LogP contribution in [-0.4, -0.2) is 23.0 Å². The molecule has 0 aliphatic rings. The Hall–Kier alpha value is -2.37. The van der Waals surface area contributed by atoms with Gasteiger partial charge in [0.2, 0.25) is 5.91 Å². The molecule has 0 saturated carbocycles. The van der Waals surface area contributed by atoms with E-state index in [9.17, 15) is 14.7 Å². The maximum atomic E-state index is 12.1. The predicted octanol–water partition coefficient (Wildman–Crippen LogP) is 3.47. The summed E-state index contributed by atoms with van der Waals surface area (Å²) < 4.78 is 0. The second-order valence-corrected chi connectivity index (χ2v) is 5.89. The van der Waals surface area contributed by atoms with E-state index in [1.165, 1.54) is 0 Å². The Bertz CT molecular complexity index is 689. The fourth-order valence-corrected chi connectivity index (χ4v) is 2.41. The molecule has 0 fully saturated rings. The van der Waals surface area contributed by atoms with E-state index in [0.717, 1.165) is 5.56 Å². The minimum absolute atomic E-state index is 0.171. The lowest BCUT2D eigenvalue weighted by Crippen LogP contribution is -2.41. The fourth-order valence-electron chi connectivity index (χ4n) is 2.29. The number of carboxylic acids is 1. The first-order valence-corrected chi connectivity index (χ1v) is 7.92. The third kappa shape index (κ3) is 5.37. The van der Waals surface area contributed by atoms with Gasteiger partial charge in [0.25, 0.3) is 0 Å². The number of halogens is 1. The largest absolute Gasteiger partial charge is 0.480 e. The topological polar surface area (TPSA) is 78.4 Å². The number of benzene rings is 2. The lowest BCUT2D eigenvalue weighted by Gasteiger charge is -2.20. The smallest absolute Gasteiger partial charge is 0.321 e. The lowest BCUT2D eigenvalue weighted by molar-refractivity contribution is -0.141. The van der Waals surface area contributed by atoms with Crippen molar-refractivity contribution in [2.45, 2.75) is 25.4 Å². The highest BCUT2D eigenvalue weighted by Crippen LogP contribution is 2.15. The van der Waals surface area contributed by atoms with Gasteiger partial charge in [-0.15, -0.1) is 0 Å². The first-order valence-electron chi connectivity index (χ1n) is 7.55. The van der Waals surface area contributed by atoms with Crippen molar-refractivity contribution >= 4 is 29.2 Å². The van der Waals surface area contributed by atoms with Gasteiger partial charge >= 0.3 is 5.97 Å². The Morgan fingerprint density at radius 3 is 2.29 bits per heavy atom. The van der Waals surface area contributed by atoms with Crippen LogP contribution in [0.5, 0.6) is 0 Å². The maximum absolute atomic E-state index is 12.1. The molecule has 24 heavy (non-hydrogen) atoms. The fraction of sp³-hybridized carbons (Fsp3) is 0.222. The summed E-state index contributed by atoms with van der Waals surface area (Å²) in [6.07, 6.45) is -0.171. The molecular formula is C18H19ClN2O3. The summed E-state index contributed by atoms with van der Waals surface area (Å²) in [4.78, 5) is 23.5. The van der Waals surface area contributed by atoms with Gasteiger partial charge in [-0.05, 0) is 36.8 Å². The number of carbonyl (C=O) groups is 2. The number of amides is 1. The molecule has 0 bridgehead atoms. The average Bonchev–Trinajstić information content (AvgIpc) is 2.57. The quantitative estimate of drug-likeness (QED) is 0.717. The molecule has 0 heterocycles. The van der Waals surface area contributed by atoms with Crippen molar-refractivity contribution in [2.75, 3.05) is 5.32 Å². The molecule has 2 rings (SSSR count). The molecule has 0 radical (unpaired) electrons. The van der Waals surface area contributed by atoms with Gasteiger partial charge in [0, 0.05) is 16.8 Å². The summed E-state index contributed by atoms with van der Waals surface area (Å²) in [5.41, 5.74) is 1.53. The maximum Gasteiger partial charge on any atom is 0.321 e. The summed E-state index contributed by atoms with van der Waals surface area (Å²) in [6, 6.07) is 14.9. The Kier molecular flexibility index (Phi) is 6.35. The summed E-state index contributed by atoms with van der Waals surface area (Å²) in [5.74, 6) is -1.44. The minimum atomic E-state index is -1.07. The second-order valence-electron chi connectivity index (χ2n) is 5.45. The van der Waals surface area contributed by atoms with Crippen molar-refractivity contribution in [3.63, 3.8) is 0 Å². The van der Waals surface area contributed by atoms with Gasteiger partial charge in [0.05, 0.1) is 6.42 Å². The number of carboxylic acid groups (broad SMARTS) is 1. The molecule has 2 atom stereocenters. The van der Waals surface area contributed by atoms with E-state index in [1.54, 1.807) is 24.3 Å². The third-order valence-electron chi connectivity index (χ3n) is 3.57. The Labute approximate surface area is 145 Å². The van der Waals surface area contributed by atoms with Crippen LogP contribution < -0.4 is 10.6 Å². The first-order chi connectivity index (χ1) is 11.5. The van der Waals surface area contributed by atoms with Crippen LogP contribution in [0, 0.1) is 0 Å². The van der Waals surface area contributed by atoms with Gasteiger partial charge in [-0.1, -0.05) is 41.9 Å². The Morgan fingerprint density at radius 1 is 1.08 bits per heavy atom. The van der Waals surface area contributed by atoms with E-state index in [2.05, 4.69) is 10.6 Å². The van der Waals surface area contributed by atoms with Gasteiger partial charge in [-0.3, -0.25) is 14.9 Å². The SMILES string of the molecule is CC(NC(CC(=O)Nc1ccc(Cl)cc1)C(=O)O)c1ccccc1. The molecule has 3 N–H and O–H groups in total. The van der Waals surface area contributed by atoms with Crippen molar-refractivity contribution in [3.8, 4) is 0 Å². The number of rotatable bonds is 7. The molecule has 0 spiro atoms. The van der Waals surface area contributed by atoms with Gasteiger partial charge in [0.1, 0.15) is 6.04 Å². The molecule has 5 nitrogen and oxygen atoms in total. The highest BCUT2D eigenvalue weighted by atomic mass is 35.5. The number of anilines is 1. The van der Waals surface area contributed by atoms with Crippen LogP contribution >= 0.6 is 11.6 Å². The van der Waals surface area contributed by atoms with Crippen molar-refractivity contribution in [2.24, 2.45) is 0 Å². The first kappa shape index (κ1) is 18.0. The molecule has 0 aromatic heterocycles. The number of aliphatic carboxylic acids is 1. The van der Waals surface area contributed by atoms with Crippen molar-refractivity contribution in [1.29, 1.82) is 0 Å². The zero-order chi connectivity index (χ0) is 17.5. The summed E-state index contributed by atoms with van der Waals surface area (Å²) >= 11 is 5.79. The number of carbonyl (C=O) groups excluding carboxylic acids is 1. The van der Waals surface area contributed by atoms with Crippen LogP contribution in [0.25, 0.3) is 0 Å². The standard InChI is InChI=1S/C18H19ClN2O3/c1-12(13-5-3-2-4-6-13)20-16(18(23)24)11-17(22)21-15-9-7-14(19)8-10-15/h2-10,12,16,20H,11H2,1H3,(H,21,22)(H,23,24). The minimum Gasteiger partial charge on any atom is -0.480 e. The monoisotopic (exact) mass is 346 g/mol. The van der Waals surface area contributed by atoms with Crippen LogP contribution in [0.1, 0.15) is 24.9 Å². The molecule has 126 valence electrons. The molecule has 0 aliphatic carbocycles. The molecule has 2 aromatic rings. The summed E-state index contributed by atoms with van der Waals surface area (Å²) in [5, 5.41) is 15.6. The molecule has 0 saturated heterocycles. The third-order valence-corrected chi connectivity index (χ3v) is 3.82. The Balaban J connectivity index is 1.96. The van der Waals surface area contributed by atoms with E-state index in [-0.39, 0.29) is 18.4 Å². The van der Waals surface area contributed by atoms with Crippen LogP contribution in [0.2, 0.25) is 5.02 Å². The number of nitrogens with one attached hydrogen (secondary N) is 2. The number of hydrogen-bond donors (Lipinski definition) is 3. The average molecular weight is 347 g/mol. The van der Waals surface area contributed by atoms with E-state index >= 15 is 0 Å². The van der Waals surface area contributed by atoms with Crippen LogP contribution in [0.15, 0.2) is 54.6 Å². The van der Waals surface area contributed by atoms with Gasteiger partial charge in [-0.25, -0.2) is 0 Å². The molecule has 6 heteroatoms. The lowest BCUT2D eigenvalue weighted by atomic mass is 10.1. The Morgan fingerprint density at radius 2 is 1.71 bits per heavy atom. The highest BCUT2D eigenvalue weighted by molar-refractivity contribution is 6.30. The zero-order valence-electron chi connectivity index (χ0n) is 13.2. The van der Waals surface area contributed by atoms with Gasteiger partial charge in [0.15, 0.2) is 0 Å². The summed E-state index contributed by atoms with van der Waals surface area (Å²) in [7, 11) is 0.